The molecule has 34 heavy (non-hydrogen) atoms. The van der Waals surface area contributed by atoms with Gasteiger partial charge >= 0.3 is 0 Å². The van der Waals surface area contributed by atoms with E-state index in [9.17, 15) is 0 Å². The predicted molar refractivity (Wildman–Crippen MR) is 135 cm³/mol. The van der Waals surface area contributed by atoms with Crippen LogP contribution in [0.5, 0.6) is 5.06 Å². The van der Waals surface area contributed by atoms with Crippen molar-refractivity contribution in [2.75, 3.05) is 7.11 Å². The second-order valence-corrected chi connectivity index (χ2v) is 10.4. The third-order valence-electron chi connectivity index (χ3n) is 4.85. The fraction of sp³-hybridized carbons (Fsp3) is 0.360. The summed E-state index contributed by atoms with van der Waals surface area (Å²) < 4.78 is 6.90. The van der Waals surface area contributed by atoms with Crippen LogP contribution in [0, 0.1) is 25.0 Å². The smallest absolute Gasteiger partial charge is 0.255 e. The summed E-state index contributed by atoms with van der Waals surface area (Å²) in [4.78, 5) is 7.20. The van der Waals surface area contributed by atoms with Crippen LogP contribution >= 0.6 is 11.3 Å². The molecule has 0 aliphatic rings. The minimum absolute atomic E-state index is 0.0300. The number of rotatable bonds is 4. The van der Waals surface area contributed by atoms with Crippen LogP contribution in [0.2, 0.25) is 0 Å². The van der Waals surface area contributed by atoms with Crippen molar-refractivity contribution in [1.82, 2.24) is 9.78 Å². The molecule has 0 unspecified atom stereocenters. The van der Waals surface area contributed by atoms with Gasteiger partial charge in [0.1, 0.15) is 5.00 Å². The van der Waals surface area contributed by atoms with E-state index in [1.807, 2.05) is 32.9 Å². The molecule has 2 heterocycles. The Balaban J connectivity index is 0.00000199. The van der Waals surface area contributed by atoms with Crippen molar-refractivity contribution in [2.45, 2.75) is 52.4 Å². The summed E-state index contributed by atoms with van der Waals surface area (Å²) in [5.74, 6) is 0.366. The first-order chi connectivity index (χ1) is 16.0. The summed E-state index contributed by atoms with van der Waals surface area (Å²) in [5, 5.41) is 21.0. The van der Waals surface area contributed by atoms with Gasteiger partial charge in [-0.25, -0.2) is 19.6 Å². The van der Waals surface area contributed by atoms with Gasteiger partial charge in [-0.2, -0.15) is 5.10 Å². The summed E-state index contributed by atoms with van der Waals surface area (Å²) in [6.07, 6.45) is 0. The molecule has 0 fully saturated rings. The minimum Gasteiger partial charge on any atom is -0.497 e. The van der Waals surface area contributed by atoms with E-state index < -0.39 is 0 Å². The topological polar surface area (TPSA) is 84.3 Å². The van der Waals surface area contributed by atoms with Gasteiger partial charge in [-0.05, 0) is 34.6 Å². The number of ether oxygens (including phenoxy) is 1. The van der Waals surface area contributed by atoms with Gasteiger partial charge in [-0.3, -0.25) is 0 Å². The molecular weight excluding hydrogens is 446 g/mol. The molecule has 0 atom stereocenters. The number of aromatic nitrogens is 2. The first-order valence-electron chi connectivity index (χ1n) is 10.3. The molecule has 0 bridgehead atoms. The Bertz CT molecular complexity index is 1280. The fourth-order valence-electron chi connectivity index (χ4n) is 3.10. The third-order valence-corrected chi connectivity index (χ3v) is 5.82. The van der Waals surface area contributed by atoms with Crippen molar-refractivity contribution >= 4 is 33.5 Å². The maximum absolute atomic E-state index is 7.79. The van der Waals surface area contributed by atoms with Crippen LogP contribution in [0.4, 0.5) is 22.2 Å². The highest BCUT2D eigenvalue weighted by Crippen LogP contribution is 2.44. The highest BCUT2D eigenvalue weighted by Gasteiger charge is 2.28. The third kappa shape index (κ3) is 5.49. The monoisotopic (exact) mass is 473 g/mol. The predicted octanol–water partition coefficient (Wildman–Crippen LogP) is 8.19. The van der Waals surface area contributed by atoms with E-state index in [-0.39, 0.29) is 10.8 Å². The standard InChI is InChI=1S/C24H26N6OS.CHN/c1-23(2,3)15-10-12-16(13-11-15)30-21(19(26-8)20(29-30)24(4,5)6)28-27-18-14-17(25-7)22(31-9)32-18;1-2/h10-14H,1-6,9H3;1H. The molecule has 9 heteroatoms. The number of nitrogens with zero attached hydrogens (tertiary/aromatic N) is 7. The quantitative estimate of drug-likeness (QED) is 0.283. The van der Waals surface area contributed by atoms with Gasteiger partial charge < -0.3 is 4.74 Å². The lowest BCUT2D eigenvalue weighted by Gasteiger charge is -2.19. The molecule has 8 nitrogen and oxygen atoms in total. The molecule has 0 radical (unpaired) electrons. The molecule has 0 N–H and O–H groups in total. The molecule has 0 spiro atoms. The highest BCUT2D eigenvalue weighted by atomic mass is 32.1. The second-order valence-electron chi connectivity index (χ2n) is 9.36. The molecule has 0 saturated heterocycles. The van der Waals surface area contributed by atoms with Crippen molar-refractivity contribution in [3.8, 4) is 17.3 Å². The Kier molecular flexibility index (Phi) is 7.95. The van der Waals surface area contributed by atoms with E-state index in [1.54, 1.807) is 10.7 Å². The Morgan fingerprint density at radius 1 is 1.00 bits per heavy atom. The molecule has 0 amide bonds. The van der Waals surface area contributed by atoms with E-state index in [4.69, 9.17) is 28.2 Å². The molecule has 0 saturated carbocycles. The van der Waals surface area contributed by atoms with Crippen molar-refractivity contribution < 1.29 is 4.74 Å². The molecule has 3 aromatic rings. The number of benzene rings is 1. The summed E-state index contributed by atoms with van der Waals surface area (Å²) in [6, 6.07) is 9.73. The van der Waals surface area contributed by atoms with E-state index in [1.165, 1.54) is 24.0 Å². The molecular formula is C25H27N7OS. The lowest BCUT2D eigenvalue weighted by atomic mass is 9.87. The van der Waals surface area contributed by atoms with Gasteiger partial charge in [0.05, 0.1) is 31.6 Å². The first kappa shape index (κ1) is 26.3. The van der Waals surface area contributed by atoms with Gasteiger partial charge in [-0.1, -0.05) is 65.0 Å². The Hall–Kier alpha value is -4.00. The number of hydrogen-bond donors (Lipinski definition) is 0. The average Bonchev–Trinajstić information content (AvgIpc) is 3.39. The lowest BCUT2D eigenvalue weighted by molar-refractivity contribution is 0.429. The molecule has 0 aliphatic carbocycles. The van der Waals surface area contributed by atoms with Gasteiger partial charge in [0.15, 0.2) is 10.9 Å². The van der Waals surface area contributed by atoms with Crippen LogP contribution in [-0.4, -0.2) is 16.9 Å². The van der Waals surface area contributed by atoms with Crippen molar-refractivity contribution in [2.24, 2.45) is 10.2 Å². The van der Waals surface area contributed by atoms with Crippen LogP contribution in [-0.2, 0) is 10.8 Å². The van der Waals surface area contributed by atoms with Crippen LogP contribution in [0.25, 0.3) is 15.4 Å². The SMILES string of the molecule is C#N.[C-]#[N+]c1cc(N=Nc2c([N+]#[C-])c(C(C)(C)C)nn2-c2ccc(C(C)(C)C)cc2)sc1OC. The second kappa shape index (κ2) is 10.3. The van der Waals surface area contributed by atoms with Gasteiger partial charge in [0, 0.05) is 6.57 Å². The van der Waals surface area contributed by atoms with E-state index in [0.717, 1.165) is 5.69 Å². The van der Waals surface area contributed by atoms with Gasteiger partial charge in [0.2, 0.25) is 5.69 Å². The van der Waals surface area contributed by atoms with Crippen LogP contribution < -0.4 is 4.74 Å². The number of nitriles is 1. The highest BCUT2D eigenvalue weighted by molar-refractivity contribution is 7.18. The van der Waals surface area contributed by atoms with Crippen molar-refractivity contribution in [3.05, 3.63) is 64.4 Å². The van der Waals surface area contributed by atoms with E-state index in [0.29, 0.717) is 33.0 Å². The normalized spacial score (nSPS) is 11.4. The van der Waals surface area contributed by atoms with Crippen molar-refractivity contribution in [3.63, 3.8) is 0 Å². The van der Waals surface area contributed by atoms with Crippen molar-refractivity contribution in [1.29, 1.82) is 5.26 Å². The number of methoxy groups -OCH3 is 1. The molecule has 3 rings (SSSR count). The Labute approximate surface area is 204 Å². The maximum Gasteiger partial charge on any atom is 0.255 e. The fourth-order valence-corrected chi connectivity index (χ4v) is 3.84. The molecule has 0 aliphatic heterocycles. The van der Waals surface area contributed by atoms with Gasteiger partial charge in [-0.15, -0.1) is 10.2 Å². The maximum atomic E-state index is 7.79. The Morgan fingerprint density at radius 2 is 1.62 bits per heavy atom. The molecule has 2 aromatic heterocycles. The van der Waals surface area contributed by atoms with Gasteiger partial charge in [0.25, 0.3) is 5.69 Å². The van der Waals surface area contributed by atoms with E-state index in [2.05, 4.69) is 59.4 Å². The van der Waals surface area contributed by atoms with Crippen LogP contribution in [0.15, 0.2) is 40.6 Å². The largest absolute Gasteiger partial charge is 0.497 e. The van der Waals surface area contributed by atoms with Crippen LogP contribution in [0.3, 0.4) is 0 Å². The summed E-state index contributed by atoms with van der Waals surface area (Å²) in [7, 11) is 1.52. The number of azo groups is 1. The Morgan fingerprint density at radius 3 is 2.06 bits per heavy atom. The molecule has 174 valence electrons. The number of hydrogen-bond acceptors (Lipinski definition) is 6. The first-order valence-corrected chi connectivity index (χ1v) is 11.2. The summed E-state index contributed by atoms with van der Waals surface area (Å²) in [6.45, 7) is 31.1. The zero-order chi connectivity index (χ0) is 25.7. The average molecular weight is 474 g/mol. The zero-order valence-electron chi connectivity index (χ0n) is 20.4. The summed E-state index contributed by atoms with van der Waals surface area (Å²) in [5.41, 5.74) is 3.11. The summed E-state index contributed by atoms with van der Waals surface area (Å²) >= 11 is 1.23. The lowest BCUT2D eigenvalue weighted by Crippen LogP contribution is -2.13. The molecule has 1 aromatic carbocycles. The van der Waals surface area contributed by atoms with E-state index >= 15 is 0 Å². The number of thiophene rings is 1. The minimum atomic E-state index is -0.343. The zero-order valence-corrected chi connectivity index (χ0v) is 21.2. The van der Waals surface area contributed by atoms with Crippen LogP contribution in [0.1, 0.15) is 52.8 Å².